The van der Waals surface area contributed by atoms with Crippen molar-refractivity contribution >= 4 is 22.9 Å². The molecule has 2 heterocycles. The Hall–Kier alpha value is -2.35. The molecule has 1 aromatic heterocycles. The topological polar surface area (TPSA) is 50.8 Å². The van der Waals surface area contributed by atoms with Crippen LogP contribution in [-0.2, 0) is 17.8 Å². The van der Waals surface area contributed by atoms with Crippen LogP contribution in [0.1, 0.15) is 10.4 Å². The number of ether oxygens (including phenoxy) is 2. The van der Waals surface area contributed by atoms with Crippen LogP contribution in [0.5, 0.6) is 11.5 Å². The molecule has 0 aliphatic carbocycles. The van der Waals surface area contributed by atoms with Crippen molar-refractivity contribution in [1.29, 1.82) is 0 Å². The van der Waals surface area contributed by atoms with E-state index in [1.165, 1.54) is 29.7 Å². The van der Waals surface area contributed by atoms with Crippen LogP contribution in [0.2, 0.25) is 0 Å². The molecule has 5 nitrogen and oxygen atoms in total. The second-order valence-corrected chi connectivity index (χ2v) is 6.53. The number of hydrogen-bond donors (Lipinski definition) is 1. The summed E-state index contributed by atoms with van der Waals surface area (Å²) < 4.78 is 34.3. The van der Waals surface area contributed by atoms with Crippen molar-refractivity contribution < 1.29 is 23.0 Å². The minimum atomic E-state index is -2.95. The van der Waals surface area contributed by atoms with E-state index in [1.54, 1.807) is 22.3 Å². The molecule has 1 amide bonds. The number of benzene rings is 1. The number of rotatable bonds is 6. The van der Waals surface area contributed by atoms with Crippen LogP contribution in [0.15, 0.2) is 29.6 Å². The number of carbonyl (C=O) groups is 1. The Morgan fingerprint density at radius 2 is 2.20 bits per heavy atom. The Morgan fingerprint density at radius 1 is 1.36 bits per heavy atom. The molecule has 1 N–H and O–H groups in total. The molecular weight excluding hydrogens is 350 g/mol. The lowest BCUT2D eigenvalue weighted by atomic mass is 10.1. The third-order valence-corrected chi connectivity index (χ3v) is 5.01. The van der Waals surface area contributed by atoms with Crippen molar-refractivity contribution in [2.24, 2.45) is 0 Å². The van der Waals surface area contributed by atoms with Crippen molar-refractivity contribution in [2.75, 3.05) is 25.5 Å². The fourth-order valence-corrected chi connectivity index (χ4v) is 3.62. The SMILES string of the molecule is COc1ccc(NCC(=O)N2CCc3sccc3C2)cc1OC(F)F. The van der Waals surface area contributed by atoms with Gasteiger partial charge in [0, 0.05) is 29.7 Å². The lowest BCUT2D eigenvalue weighted by molar-refractivity contribution is -0.130. The standard InChI is InChI=1S/C17H18F2N2O3S/c1-23-13-3-2-12(8-14(13)24-17(18)19)20-9-16(22)21-6-4-15-11(10-21)5-7-25-15/h2-3,5,7-8,17,20H,4,6,9-10H2,1H3. The number of nitrogens with zero attached hydrogens (tertiary/aromatic N) is 1. The highest BCUT2D eigenvalue weighted by Gasteiger charge is 2.21. The average molecular weight is 368 g/mol. The van der Waals surface area contributed by atoms with Crippen LogP contribution >= 0.6 is 11.3 Å². The van der Waals surface area contributed by atoms with Gasteiger partial charge in [0.1, 0.15) is 0 Å². The molecular formula is C17H18F2N2O3S. The molecule has 0 atom stereocenters. The zero-order chi connectivity index (χ0) is 17.8. The van der Waals surface area contributed by atoms with E-state index in [9.17, 15) is 13.6 Å². The normalized spacial score (nSPS) is 13.5. The highest BCUT2D eigenvalue weighted by molar-refractivity contribution is 7.10. The van der Waals surface area contributed by atoms with Crippen molar-refractivity contribution in [2.45, 2.75) is 19.6 Å². The summed E-state index contributed by atoms with van der Waals surface area (Å²) in [5, 5.41) is 5.00. The summed E-state index contributed by atoms with van der Waals surface area (Å²) >= 11 is 1.72. The Kier molecular flexibility index (Phi) is 5.37. The number of nitrogens with one attached hydrogen (secondary N) is 1. The van der Waals surface area contributed by atoms with Crippen LogP contribution in [-0.4, -0.2) is 37.6 Å². The van der Waals surface area contributed by atoms with E-state index < -0.39 is 6.61 Å². The Morgan fingerprint density at radius 3 is 2.96 bits per heavy atom. The summed E-state index contributed by atoms with van der Waals surface area (Å²) in [5.74, 6) is 0.0954. The maximum atomic E-state index is 12.5. The molecule has 2 aromatic rings. The zero-order valence-corrected chi connectivity index (χ0v) is 14.4. The summed E-state index contributed by atoms with van der Waals surface area (Å²) in [5.41, 5.74) is 1.71. The van der Waals surface area contributed by atoms with Crippen molar-refractivity contribution in [3.05, 3.63) is 40.1 Å². The molecule has 134 valence electrons. The summed E-state index contributed by atoms with van der Waals surface area (Å²) in [4.78, 5) is 15.5. The van der Waals surface area contributed by atoms with Gasteiger partial charge in [0.25, 0.3) is 0 Å². The summed E-state index contributed by atoms with van der Waals surface area (Å²) in [6.07, 6.45) is 0.869. The van der Waals surface area contributed by atoms with Gasteiger partial charge < -0.3 is 19.7 Å². The number of methoxy groups -OCH3 is 1. The van der Waals surface area contributed by atoms with E-state index in [0.717, 1.165) is 6.42 Å². The van der Waals surface area contributed by atoms with E-state index in [1.807, 2.05) is 11.4 Å². The molecule has 3 rings (SSSR count). The molecule has 0 saturated heterocycles. The van der Waals surface area contributed by atoms with Crippen LogP contribution in [0.25, 0.3) is 0 Å². The van der Waals surface area contributed by atoms with E-state index in [-0.39, 0.29) is 24.0 Å². The minimum absolute atomic E-state index is 0.0380. The van der Waals surface area contributed by atoms with Gasteiger partial charge in [-0.15, -0.1) is 11.3 Å². The number of anilines is 1. The molecule has 1 aromatic carbocycles. The first-order valence-electron chi connectivity index (χ1n) is 7.76. The van der Waals surface area contributed by atoms with Gasteiger partial charge in [0.2, 0.25) is 5.91 Å². The van der Waals surface area contributed by atoms with Gasteiger partial charge in [-0.2, -0.15) is 8.78 Å². The Labute approximate surface area is 148 Å². The third kappa shape index (κ3) is 4.19. The molecule has 8 heteroatoms. The lowest BCUT2D eigenvalue weighted by Crippen LogP contribution is -2.38. The number of halogens is 2. The van der Waals surface area contributed by atoms with Gasteiger partial charge >= 0.3 is 6.61 Å². The predicted molar refractivity (Wildman–Crippen MR) is 91.6 cm³/mol. The second-order valence-electron chi connectivity index (χ2n) is 5.53. The first-order chi connectivity index (χ1) is 12.1. The Balaban J connectivity index is 1.60. The zero-order valence-electron chi connectivity index (χ0n) is 13.6. The van der Waals surface area contributed by atoms with Crippen LogP contribution in [0, 0.1) is 0 Å². The first kappa shape index (κ1) is 17.5. The van der Waals surface area contributed by atoms with Gasteiger partial charge in [-0.05, 0) is 35.6 Å². The number of alkyl halides is 2. The number of fused-ring (bicyclic) bond motifs is 1. The molecule has 0 spiro atoms. The van der Waals surface area contributed by atoms with Gasteiger partial charge in [-0.25, -0.2) is 0 Å². The highest BCUT2D eigenvalue weighted by atomic mass is 32.1. The fourth-order valence-electron chi connectivity index (χ4n) is 2.73. The van der Waals surface area contributed by atoms with Crippen molar-refractivity contribution in [3.8, 4) is 11.5 Å². The van der Waals surface area contributed by atoms with Crippen LogP contribution in [0.4, 0.5) is 14.5 Å². The highest BCUT2D eigenvalue weighted by Crippen LogP contribution is 2.31. The van der Waals surface area contributed by atoms with Crippen LogP contribution < -0.4 is 14.8 Å². The molecule has 1 aliphatic heterocycles. The van der Waals surface area contributed by atoms with Crippen molar-refractivity contribution in [3.63, 3.8) is 0 Å². The minimum Gasteiger partial charge on any atom is -0.493 e. The summed E-state index contributed by atoms with van der Waals surface area (Å²) in [7, 11) is 1.37. The number of amides is 1. The fraction of sp³-hybridized carbons (Fsp3) is 0.353. The Bertz CT molecular complexity index is 751. The molecule has 25 heavy (non-hydrogen) atoms. The largest absolute Gasteiger partial charge is 0.493 e. The second kappa shape index (κ2) is 7.69. The first-order valence-corrected chi connectivity index (χ1v) is 8.64. The van der Waals surface area contributed by atoms with Gasteiger partial charge in [0.05, 0.1) is 13.7 Å². The summed E-state index contributed by atoms with van der Waals surface area (Å²) in [6.45, 7) is -1.56. The van der Waals surface area contributed by atoms with Gasteiger partial charge in [-0.3, -0.25) is 4.79 Å². The van der Waals surface area contributed by atoms with Gasteiger partial charge in [-0.1, -0.05) is 0 Å². The molecule has 0 saturated carbocycles. The number of hydrogen-bond acceptors (Lipinski definition) is 5. The average Bonchev–Trinajstić information content (AvgIpc) is 3.07. The lowest BCUT2D eigenvalue weighted by Gasteiger charge is -2.27. The summed E-state index contributed by atoms with van der Waals surface area (Å²) in [6, 6.07) is 6.61. The maximum absolute atomic E-state index is 12.5. The van der Waals surface area contributed by atoms with E-state index >= 15 is 0 Å². The van der Waals surface area contributed by atoms with Crippen LogP contribution in [0.3, 0.4) is 0 Å². The molecule has 0 unspecified atom stereocenters. The maximum Gasteiger partial charge on any atom is 0.387 e. The van der Waals surface area contributed by atoms with E-state index in [4.69, 9.17) is 4.74 Å². The molecule has 0 fully saturated rings. The third-order valence-electron chi connectivity index (χ3n) is 3.98. The quantitative estimate of drug-likeness (QED) is 0.850. The molecule has 0 radical (unpaired) electrons. The van der Waals surface area contributed by atoms with Gasteiger partial charge in [0.15, 0.2) is 11.5 Å². The van der Waals surface area contributed by atoms with E-state index in [2.05, 4.69) is 10.1 Å². The number of carbonyl (C=O) groups excluding carboxylic acids is 1. The van der Waals surface area contributed by atoms with Crippen molar-refractivity contribution in [1.82, 2.24) is 4.90 Å². The molecule has 0 bridgehead atoms. The number of thiophene rings is 1. The van der Waals surface area contributed by atoms with E-state index in [0.29, 0.717) is 18.8 Å². The molecule has 1 aliphatic rings. The monoisotopic (exact) mass is 368 g/mol. The smallest absolute Gasteiger partial charge is 0.387 e. The predicted octanol–water partition coefficient (Wildman–Crippen LogP) is 3.35.